The average molecular weight is 344 g/mol. The van der Waals surface area contributed by atoms with E-state index in [1.807, 2.05) is 25.1 Å². The zero-order valence-corrected chi connectivity index (χ0v) is 13.8. The number of hydrogen-bond acceptors (Lipinski definition) is 6. The Labute approximate surface area is 143 Å². The van der Waals surface area contributed by atoms with Crippen molar-refractivity contribution in [3.63, 3.8) is 0 Å². The molecule has 2 aromatic heterocycles. The highest BCUT2D eigenvalue weighted by Gasteiger charge is 2.12. The third-order valence-corrected chi connectivity index (χ3v) is 3.63. The number of aromatic nitrogens is 5. The minimum absolute atomic E-state index is 0.296. The number of tetrazole rings is 1. The van der Waals surface area contributed by atoms with Crippen molar-refractivity contribution in [1.29, 1.82) is 0 Å². The van der Waals surface area contributed by atoms with Gasteiger partial charge in [0.25, 0.3) is 5.91 Å². The number of halogens is 1. The molecule has 1 N–H and O–H groups in total. The summed E-state index contributed by atoms with van der Waals surface area (Å²) in [5, 5.41) is 14.1. The maximum Gasteiger partial charge on any atom is 0.274 e. The lowest BCUT2D eigenvalue weighted by Gasteiger charge is -2.13. The Morgan fingerprint density at radius 2 is 2.08 bits per heavy atom. The summed E-state index contributed by atoms with van der Waals surface area (Å²) < 4.78 is 1.47. The van der Waals surface area contributed by atoms with Gasteiger partial charge in [-0.25, -0.2) is 4.68 Å². The summed E-state index contributed by atoms with van der Waals surface area (Å²) in [5.41, 5.74) is 2.30. The van der Waals surface area contributed by atoms with Gasteiger partial charge in [-0.2, -0.15) is 0 Å². The van der Waals surface area contributed by atoms with Gasteiger partial charge in [0.05, 0.1) is 16.4 Å². The lowest BCUT2D eigenvalue weighted by molar-refractivity contribution is 0.102. The second-order valence-electron chi connectivity index (χ2n) is 5.17. The Morgan fingerprint density at radius 1 is 1.25 bits per heavy atom. The maximum atomic E-state index is 12.4. The van der Waals surface area contributed by atoms with Gasteiger partial charge in [-0.1, -0.05) is 11.6 Å². The Hall–Kier alpha value is -3.00. The van der Waals surface area contributed by atoms with Crippen molar-refractivity contribution >= 4 is 28.9 Å². The van der Waals surface area contributed by atoms with E-state index in [1.165, 1.54) is 11.0 Å². The van der Waals surface area contributed by atoms with E-state index in [0.717, 1.165) is 5.69 Å². The molecule has 2 heterocycles. The van der Waals surface area contributed by atoms with E-state index in [1.54, 1.807) is 30.5 Å². The van der Waals surface area contributed by atoms with Crippen LogP contribution in [0, 0.1) is 0 Å². The fourth-order valence-corrected chi connectivity index (χ4v) is 2.20. The van der Waals surface area contributed by atoms with E-state index in [2.05, 4.69) is 25.8 Å². The van der Waals surface area contributed by atoms with Gasteiger partial charge >= 0.3 is 0 Å². The van der Waals surface area contributed by atoms with Crippen LogP contribution >= 0.6 is 11.6 Å². The Bertz CT molecular complexity index is 864. The highest BCUT2D eigenvalue weighted by atomic mass is 35.5. The first-order valence-corrected chi connectivity index (χ1v) is 7.40. The van der Waals surface area contributed by atoms with Crippen LogP contribution in [0.2, 0.25) is 5.02 Å². The van der Waals surface area contributed by atoms with Crippen molar-refractivity contribution in [3.8, 4) is 5.69 Å². The number of rotatable bonds is 4. The molecular formula is C15H14ClN7O. The molecule has 122 valence electrons. The van der Waals surface area contributed by atoms with Gasteiger partial charge in [-0.15, -0.1) is 5.10 Å². The molecule has 1 amide bonds. The smallest absolute Gasteiger partial charge is 0.274 e. The summed E-state index contributed by atoms with van der Waals surface area (Å²) in [4.78, 5) is 18.4. The lowest BCUT2D eigenvalue weighted by atomic mass is 10.2. The van der Waals surface area contributed by atoms with Crippen molar-refractivity contribution in [1.82, 2.24) is 25.2 Å². The van der Waals surface area contributed by atoms with Crippen molar-refractivity contribution in [2.75, 3.05) is 24.3 Å². The zero-order valence-electron chi connectivity index (χ0n) is 13.0. The normalized spacial score (nSPS) is 10.5. The van der Waals surface area contributed by atoms with E-state index in [4.69, 9.17) is 11.6 Å². The van der Waals surface area contributed by atoms with Crippen LogP contribution in [-0.2, 0) is 0 Å². The summed E-state index contributed by atoms with van der Waals surface area (Å²) in [7, 11) is 3.78. The second kappa shape index (κ2) is 6.63. The van der Waals surface area contributed by atoms with E-state index in [-0.39, 0.29) is 5.91 Å². The molecular weight excluding hydrogens is 330 g/mol. The first-order chi connectivity index (χ1) is 11.5. The number of pyridine rings is 1. The van der Waals surface area contributed by atoms with Crippen LogP contribution in [0.5, 0.6) is 0 Å². The maximum absolute atomic E-state index is 12.4. The fraction of sp³-hybridized carbons (Fsp3) is 0.133. The molecule has 3 rings (SSSR count). The minimum atomic E-state index is -0.352. The Morgan fingerprint density at radius 3 is 2.79 bits per heavy atom. The number of anilines is 2. The van der Waals surface area contributed by atoms with Crippen LogP contribution in [-0.4, -0.2) is 45.2 Å². The molecule has 0 fully saturated rings. The molecule has 0 radical (unpaired) electrons. The monoisotopic (exact) mass is 343 g/mol. The summed E-state index contributed by atoms with van der Waals surface area (Å²) in [6, 6.07) is 8.63. The summed E-state index contributed by atoms with van der Waals surface area (Å²) in [5.74, 6) is -0.352. The molecule has 0 unspecified atom stereocenters. The molecule has 3 aromatic rings. The average Bonchev–Trinajstić information content (AvgIpc) is 3.11. The summed E-state index contributed by atoms with van der Waals surface area (Å²) in [6.07, 6.45) is 3.04. The number of carbonyl (C=O) groups excluding carboxylic acids is 1. The molecule has 8 nitrogen and oxygen atoms in total. The van der Waals surface area contributed by atoms with Crippen LogP contribution in [0.1, 0.15) is 10.5 Å². The predicted molar refractivity (Wildman–Crippen MR) is 90.7 cm³/mol. The summed E-state index contributed by atoms with van der Waals surface area (Å²) >= 11 is 6.17. The Balaban J connectivity index is 1.86. The van der Waals surface area contributed by atoms with Crippen LogP contribution in [0.15, 0.2) is 42.9 Å². The molecule has 9 heteroatoms. The van der Waals surface area contributed by atoms with Crippen LogP contribution in [0.3, 0.4) is 0 Å². The fourth-order valence-electron chi connectivity index (χ4n) is 2.04. The zero-order chi connectivity index (χ0) is 17.1. The lowest BCUT2D eigenvalue weighted by Crippen LogP contribution is -2.16. The third kappa shape index (κ3) is 3.33. The number of carbonyl (C=O) groups is 1. The molecule has 0 aliphatic rings. The standard InChI is InChI=1S/C15H14ClN7O/c1-22(2)10-5-6-17-14(7-10)15(24)19-13-8-11(3-4-12(13)16)23-9-18-20-21-23/h3-9H,1-2H3,(H,19,24). The predicted octanol–water partition coefficient (Wildman–Crippen LogP) is 2.03. The molecule has 0 atom stereocenters. The molecule has 0 saturated heterocycles. The second-order valence-corrected chi connectivity index (χ2v) is 5.57. The van der Waals surface area contributed by atoms with E-state index >= 15 is 0 Å². The van der Waals surface area contributed by atoms with Crippen LogP contribution in [0.4, 0.5) is 11.4 Å². The van der Waals surface area contributed by atoms with Gasteiger partial charge in [0.1, 0.15) is 12.0 Å². The molecule has 0 aliphatic carbocycles. The van der Waals surface area contributed by atoms with E-state index < -0.39 is 0 Å². The van der Waals surface area contributed by atoms with Gasteiger partial charge in [-0.3, -0.25) is 9.78 Å². The van der Waals surface area contributed by atoms with Gasteiger partial charge < -0.3 is 10.2 Å². The number of benzene rings is 1. The van der Waals surface area contributed by atoms with E-state index in [0.29, 0.717) is 22.1 Å². The molecule has 1 aromatic carbocycles. The Kier molecular flexibility index (Phi) is 4.39. The van der Waals surface area contributed by atoms with Gasteiger partial charge in [0.15, 0.2) is 0 Å². The quantitative estimate of drug-likeness (QED) is 0.779. The SMILES string of the molecule is CN(C)c1ccnc(C(=O)Nc2cc(-n3cnnn3)ccc2Cl)c1. The molecule has 0 spiro atoms. The van der Waals surface area contributed by atoms with Gasteiger partial charge in [-0.05, 0) is 40.8 Å². The number of nitrogens with zero attached hydrogens (tertiary/aromatic N) is 6. The largest absolute Gasteiger partial charge is 0.378 e. The molecule has 24 heavy (non-hydrogen) atoms. The third-order valence-electron chi connectivity index (χ3n) is 3.30. The van der Waals surface area contributed by atoms with Crippen LogP contribution < -0.4 is 10.2 Å². The van der Waals surface area contributed by atoms with Crippen LogP contribution in [0.25, 0.3) is 5.69 Å². The molecule has 0 saturated carbocycles. The van der Waals surface area contributed by atoms with E-state index in [9.17, 15) is 4.79 Å². The topological polar surface area (TPSA) is 88.8 Å². The number of amides is 1. The van der Waals surface area contributed by atoms with Crippen molar-refractivity contribution < 1.29 is 4.79 Å². The van der Waals surface area contributed by atoms with Crippen molar-refractivity contribution in [3.05, 3.63) is 53.6 Å². The van der Waals surface area contributed by atoms with Crippen molar-refractivity contribution in [2.45, 2.75) is 0 Å². The minimum Gasteiger partial charge on any atom is -0.378 e. The number of nitrogens with one attached hydrogen (secondary N) is 1. The van der Waals surface area contributed by atoms with Gasteiger partial charge in [0, 0.05) is 26.0 Å². The highest BCUT2D eigenvalue weighted by molar-refractivity contribution is 6.34. The molecule has 0 aliphatic heterocycles. The molecule has 0 bridgehead atoms. The first-order valence-electron chi connectivity index (χ1n) is 7.02. The number of hydrogen-bond donors (Lipinski definition) is 1. The first kappa shape index (κ1) is 15.9. The van der Waals surface area contributed by atoms with Gasteiger partial charge in [0.2, 0.25) is 0 Å². The van der Waals surface area contributed by atoms with Crippen molar-refractivity contribution in [2.24, 2.45) is 0 Å². The highest BCUT2D eigenvalue weighted by Crippen LogP contribution is 2.25. The summed E-state index contributed by atoms with van der Waals surface area (Å²) in [6.45, 7) is 0.